The Hall–Kier alpha value is -0.730. The molecule has 2 unspecified atom stereocenters. The van der Waals surface area contributed by atoms with Crippen LogP contribution >= 0.6 is 0 Å². The Balaban J connectivity index is 1.80. The molecule has 2 fully saturated rings. The summed E-state index contributed by atoms with van der Waals surface area (Å²) in [4.78, 5) is 5.46. The van der Waals surface area contributed by atoms with E-state index in [0.717, 1.165) is 24.9 Å². The Kier molecular flexibility index (Phi) is 4.49. The average molecular weight is 222 g/mol. The highest BCUT2D eigenvalue weighted by molar-refractivity contribution is 4.87. The third kappa shape index (κ3) is 2.89. The predicted octanol–water partition coefficient (Wildman–Crippen LogP) is 3.34. The minimum Gasteiger partial charge on any atom is -0.300 e. The first-order valence-corrected chi connectivity index (χ1v) is 6.66. The number of hydrogen-bond acceptors (Lipinski definition) is 2. The standard InChI is InChI=1S/C12H22N4/c13-15-14-8-4-10-16-9-3-6-11-5-1-2-7-12(11)16/h11-12H,1-10H2. The molecule has 0 radical (unpaired) electrons. The number of piperidine rings is 1. The van der Waals surface area contributed by atoms with E-state index in [9.17, 15) is 0 Å². The van der Waals surface area contributed by atoms with Gasteiger partial charge in [-0.3, -0.25) is 0 Å². The van der Waals surface area contributed by atoms with Gasteiger partial charge in [0.15, 0.2) is 0 Å². The molecule has 0 bridgehead atoms. The van der Waals surface area contributed by atoms with Crippen molar-refractivity contribution in [2.75, 3.05) is 19.6 Å². The van der Waals surface area contributed by atoms with Crippen LogP contribution in [0.4, 0.5) is 0 Å². The largest absolute Gasteiger partial charge is 0.300 e. The van der Waals surface area contributed by atoms with Crippen molar-refractivity contribution in [3.05, 3.63) is 10.4 Å². The van der Waals surface area contributed by atoms with E-state index in [1.54, 1.807) is 0 Å². The van der Waals surface area contributed by atoms with Crippen molar-refractivity contribution >= 4 is 0 Å². The van der Waals surface area contributed by atoms with Crippen LogP contribution in [0.5, 0.6) is 0 Å². The summed E-state index contributed by atoms with van der Waals surface area (Å²) in [6.45, 7) is 3.04. The molecule has 90 valence electrons. The van der Waals surface area contributed by atoms with E-state index >= 15 is 0 Å². The number of nitrogens with zero attached hydrogens (tertiary/aromatic N) is 4. The first-order valence-electron chi connectivity index (χ1n) is 6.66. The van der Waals surface area contributed by atoms with Crippen molar-refractivity contribution in [2.24, 2.45) is 11.0 Å². The molecule has 2 atom stereocenters. The van der Waals surface area contributed by atoms with Crippen LogP contribution in [0.1, 0.15) is 44.9 Å². The SMILES string of the molecule is [N-]=[N+]=NCCCN1CCCC2CCCCC21. The molecule has 1 saturated carbocycles. The maximum Gasteiger partial charge on any atom is 0.0270 e. The van der Waals surface area contributed by atoms with E-state index in [1.807, 2.05) is 0 Å². The monoisotopic (exact) mass is 222 g/mol. The number of hydrogen-bond donors (Lipinski definition) is 0. The molecule has 0 aromatic carbocycles. The number of rotatable bonds is 4. The quantitative estimate of drug-likeness (QED) is 0.311. The zero-order valence-corrected chi connectivity index (χ0v) is 10.0. The van der Waals surface area contributed by atoms with Crippen LogP contribution in [-0.2, 0) is 0 Å². The second kappa shape index (κ2) is 6.12. The number of likely N-dealkylation sites (tertiary alicyclic amines) is 1. The lowest BCUT2D eigenvalue weighted by Crippen LogP contribution is -2.47. The average Bonchev–Trinajstić information content (AvgIpc) is 2.35. The number of fused-ring (bicyclic) bond motifs is 1. The van der Waals surface area contributed by atoms with Crippen LogP contribution in [-0.4, -0.2) is 30.6 Å². The lowest BCUT2D eigenvalue weighted by Gasteiger charge is -2.44. The smallest absolute Gasteiger partial charge is 0.0270 e. The van der Waals surface area contributed by atoms with Gasteiger partial charge < -0.3 is 4.90 Å². The Morgan fingerprint density at radius 3 is 2.88 bits per heavy atom. The molecule has 2 aliphatic rings. The molecule has 0 N–H and O–H groups in total. The van der Waals surface area contributed by atoms with Gasteiger partial charge >= 0.3 is 0 Å². The second-order valence-electron chi connectivity index (χ2n) is 5.10. The van der Waals surface area contributed by atoms with Gasteiger partial charge in [-0.05, 0) is 56.6 Å². The Labute approximate surface area is 97.6 Å². The summed E-state index contributed by atoms with van der Waals surface area (Å²) in [5.41, 5.74) is 8.24. The van der Waals surface area contributed by atoms with Gasteiger partial charge in [0, 0.05) is 17.5 Å². The zero-order valence-electron chi connectivity index (χ0n) is 10.0. The summed E-state index contributed by atoms with van der Waals surface area (Å²) in [7, 11) is 0. The van der Waals surface area contributed by atoms with E-state index in [4.69, 9.17) is 5.53 Å². The van der Waals surface area contributed by atoms with Crippen molar-refractivity contribution in [3.8, 4) is 0 Å². The fourth-order valence-electron chi connectivity index (χ4n) is 3.39. The van der Waals surface area contributed by atoms with Crippen LogP contribution in [0, 0.1) is 5.92 Å². The van der Waals surface area contributed by atoms with Gasteiger partial charge in [0.2, 0.25) is 0 Å². The summed E-state index contributed by atoms with van der Waals surface area (Å²) in [6, 6.07) is 0.841. The molecule has 4 nitrogen and oxygen atoms in total. The van der Waals surface area contributed by atoms with Crippen LogP contribution in [0.15, 0.2) is 5.11 Å². The Morgan fingerprint density at radius 1 is 1.19 bits per heavy atom. The van der Waals surface area contributed by atoms with Gasteiger partial charge in [-0.25, -0.2) is 0 Å². The summed E-state index contributed by atoms with van der Waals surface area (Å²) < 4.78 is 0. The van der Waals surface area contributed by atoms with Crippen molar-refractivity contribution < 1.29 is 0 Å². The van der Waals surface area contributed by atoms with Crippen molar-refractivity contribution in [3.63, 3.8) is 0 Å². The molecular formula is C12H22N4. The molecule has 4 heteroatoms. The molecular weight excluding hydrogens is 200 g/mol. The second-order valence-corrected chi connectivity index (χ2v) is 5.10. The van der Waals surface area contributed by atoms with Crippen LogP contribution in [0.25, 0.3) is 10.4 Å². The lowest BCUT2D eigenvalue weighted by atomic mass is 9.78. The molecule has 1 aliphatic heterocycles. The zero-order chi connectivity index (χ0) is 11.2. The van der Waals surface area contributed by atoms with Gasteiger partial charge in [0.25, 0.3) is 0 Å². The van der Waals surface area contributed by atoms with Crippen LogP contribution in [0.2, 0.25) is 0 Å². The Morgan fingerprint density at radius 2 is 2.00 bits per heavy atom. The van der Waals surface area contributed by atoms with E-state index < -0.39 is 0 Å². The highest BCUT2D eigenvalue weighted by atomic mass is 15.2. The molecule has 1 aliphatic carbocycles. The van der Waals surface area contributed by atoms with E-state index in [2.05, 4.69) is 14.9 Å². The van der Waals surface area contributed by atoms with Crippen molar-refractivity contribution in [2.45, 2.75) is 51.0 Å². The van der Waals surface area contributed by atoms with Gasteiger partial charge in [0.05, 0.1) is 0 Å². The Bertz CT molecular complexity index is 258. The lowest BCUT2D eigenvalue weighted by molar-refractivity contribution is 0.0606. The molecule has 0 amide bonds. The molecule has 16 heavy (non-hydrogen) atoms. The highest BCUT2D eigenvalue weighted by Gasteiger charge is 2.32. The number of azide groups is 1. The molecule has 0 aromatic rings. The minimum atomic E-state index is 0.657. The summed E-state index contributed by atoms with van der Waals surface area (Å²) in [6.07, 6.45) is 9.51. The summed E-state index contributed by atoms with van der Waals surface area (Å²) in [5, 5.41) is 3.61. The highest BCUT2D eigenvalue weighted by Crippen LogP contribution is 2.35. The van der Waals surface area contributed by atoms with E-state index in [0.29, 0.717) is 6.54 Å². The van der Waals surface area contributed by atoms with Gasteiger partial charge in [-0.15, -0.1) is 0 Å². The molecule has 1 heterocycles. The molecule has 0 aromatic heterocycles. The van der Waals surface area contributed by atoms with E-state index in [-0.39, 0.29) is 0 Å². The third-order valence-electron chi connectivity index (χ3n) is 4.12. The third-order valence-corrected chi connectivity index (χ3v) is 4.12. The summed E-state index contributed by atoms with van der Waals surface area (Å²) in [5.74, 6) is 0.960. The van der Waals surface area contributed by atoms with Gasteiger partial charge in [-0.2, -0.15) is 0 Å². The summed E-state index contributed by atoms with van der Waals surface area (Å²) >= 11 is 0. The van der Waals surface area contributed by atoms with Crippen LogP contribution in [0.3, 0.4) is 0 Å². The predicted molar refractivity (Wildman–Crippen MR) is 65.2 cm³/mol. The van der Waals surface area contributed by atoms with Crippen LogP contribution < -0.4 is 0 Å². The maximum absolute atomic E-state index is 8.24. The van der Waals surface area contributed by atoms with Crippen molar-refractivity contribution in [1.29, 1.82) is 0 Å². The van der Waals surface area contributed by atoms with Gasteiger partial charge in [0.1, 0.15) is 0 Å². The van der Waals surface area contributed by atoms with Crippen molar-refractivity contribution in [1.82, 2.24) is 4.90 Å². The van der Waals surface area contributed by atoms with E-state index in [1.165, 1.54) is 45.1 Å². The molecule has 0 spiro atoms. The topological polar surface area (TPSA) is 52.0 Å². The first-order chi connectivity index (χ1) is 7.92. The fourth-order valence-corrected chi connectivity index (χ4v) is 3.39. The molecule has 2 rings (SSSR count). The minimum absolute atomic E-state index is 0.657. The van der Waals surface area contributed by atoms with Gasteiger partial charge in [-0.1, -0.05) is 18.0 Å². The fraction of sp³-hybridized carbons (Fsp3) is 1.00. The first kappa shape index (κ1) is 11.7. The maximum atomic E-state index is 8.24. The normalized spacial score (nSPS) is 30.5. The molecule has 1 saturated heterocycles.